The maximum atomic E-state index is 10.6. The van der Waals surface area contributed by atoms with Crippen molar-refractivity contribution in [2.75, 3.05) is 0 Å². The number of phenols is 1. The molecule has 0 aliphatic carbocycles. The van der Waals surface area contributed by atoms with Crippen molar-refractivity contribution >= 4 is 24.0 Å². The zero-order valence-corrected chi connectivity index (χ0v) is 24.7. The third-order valence-electron chi connectivity index (χ3n) is 7.20. The van der Waals surface area contributed by atoms with Crippen LogP contribution in [0.1, 0.15) is 19.4 Å². The summed E-state index contributed by atoms with van der Waals surface area (Å²) < 4.78 is 0. The topological polar surface area (TPSA) is 46.0 Å². The Kier molecular flexibility index (Phi) is 8.21. The molecule has 0 spiro atoms. The van der Waals surface area contributed by atoms with Gasteiger partial charge in [-0.2, -0.15) is 0 Å². The van der Waals surface area contributed by atoms with Crippen LogP contribution >= 0.6 is 7.92 Å². The van der Waals surface area contributed by atoms with E-state index in [-0.39, 0.29) is 5.75 Å². The summed E-state index contributed by atoms with van der Waals surface area (Å²) in [7, 11) is -0.916. The number of hydrogen-bond acceptors (Lipinski definition) is 3. The van der Waals surface area contributed by atoms with Gasteiger partial charge in [0, 0.05) is 25.2 Å². The van der Waals surface area contributed by atoms with E-state index in [4.69, 9.17) is 9.97 Å². The van der Waals surface area contributed by atoms with Crippen LogP contribution in [0.5, 0.6) is 5.75 Å². The number of hydrogen-bond donors (Lipinski definition) is 1. The van der Waals surface area contributed by atoms with Crippen molar-refractivity contribution in [1.82, 2.24) is 9.97 Å². The summed E-state index contributed by atoms with van der Waals surface area (Å²) in [5, 5.41) is 13.1. The number of aromatic nitrogens is 2. The fraction of sp³-hybridized carbons (Fsp3) is 0.105. The van der Waals surface area contributed by atoms with Crippen molar-refractivity contribution in [3.05, 3.63) is 145 Å². The molecule has 1 atom stereocenters. The van der Waals surface area contributed by atoms with Crippen LogP contribution < -0.4 is 16.0 Å². The van der Waals surface area contributed by atoms with Crippen LogP contribution in [0.15, 0.2) is 140 Å². The van der Waals surface area contributed by atoms with E-state index in [1.165, 1.54) is 27.3 Å². The van der Waals surface area contributed by atoms with Gasteiger partial charge in [-0.15, -0.1) is 0 Å². The minimum absolute atomic E-state index is 0.239. The second-order valence-corrected chi connectivity index (χ2v) is 13.0. The molecule has 42 heavy (non-hydrogen) atoms. The van der Waals surface area contributed by atoms with Gasteiger partial charge < -0.3 is 5.11 Å². The molecule has 0 radical (unpaired) electrons. The third kappa shape index (κ3) is 6.17. The van der Waals surface area contributed by atoms with E-state index in [1.807, 2.05) is 36.5 Å². The van der Waals surface area contributed by atoms with Gasteiger partial charge >= 0.3 is 0 Å². The third-order valence-corrected chi connectivity index (χ3v) is 9.51. The number of phenolic OH excluding ortho intramolecular Hbond substituents is 1. The molecule has 2 heterocycles. The predicted molar refractivity (Wildman–Crippen MR) is 177 cm³/mol. The van der Waals surface area contributed by atoms with Gasteiger partial charge in [-0.3, -0.25) is 4.98 Å². The molecule has 0 aliphatic rings. The van der Waals surface area contributed by atoms with Crippen molar-refractivity contribution in [2.24, 2.45) is 5.92 Å². The Morgan fingerprint density at radius 3 is 1.98 bits per heavy atom. The van der Waals surface area contributed by atoms with Gasteiger partial charge in [0.25, 0.3) is 0 Å². The first-order valence-electron chi connectivity index (χ1n) is 14.3. The van der Waals surface area contributed by atoms with Gasteiger partial charge in [0.2, 0.25) is 0 Å². The maximum Gasteiger partial charge on any atom is 0.124 e. The highest BCUT2D eigenvalue weighted by Crippen LogP contribution is 2.36. The molecule has 0 aliphatic heterocycles. The van der Waals surface area contributed by atoms with Gasteiger partial charge in [-0.1, -0.05) is 98.8 Å². The Labute approximate surface area is 249 Å². The van der Waals surface area contributed by atoms with E-state index in [2.05, 4.69) is 111 Å². The first-order chi connectivity index (χ1) is 20.5. The summed E-state index contributed by atoms with van der Waals surface area (Å²) in [4.78, 5) is 9.91. The second kappa shape index (κ2) is 12.5. The summed E-state index contributed by atoms with van der Waals surface area (Å²) in [6.45, 7) is 4.45. The summed E-state index contributed by atoms with van der Waals surface area (Å²) in [6, 6.07) is 46.0. The molecule has 4 aromatic carbocycles. The van der Waals surface area contributed by atoms with E-state index >= 15 is 0 Å². The van der Waals surface area contributed by atoms with Crippen molar-refractivity contribution in [1.29, 1.82) is 0 Å². The van der Waals surface area contributed by atoms with E-state index < -0.39 is 7.92 Å². The lowest BCUT2D eigenvalue weighted by Gasteiger charge is -2.20. The Balaban J connectivity index is 1.47. The van der Waals surface area contributed by atoms with E-state index in [0.717, 1.165) is 34.4 Å². The lowest BCUT2D eigenvalue weighted by atomic mass is 9.98. The van der Waals surface area contributed by atoms with Gasteiger partial charge in [0.1, 0.15) is 5.75 Å². The number of para-hydroxylation sites is 1. The summed E-state index contributed by atoms with van der Waals surface area (Å²) >= 11 is 0. The number of rotatable bonds is 8. The van der Waals surface area contributed by atoms with Gasteiger partial charge in [0.05, 0.1) is 16.8 Å². The summed E-state index contributed by atoms with van der Waals surface area (Å²) in [6.07, 6.45) is 2.81. The van der Waals surface area contributed by atoms with Crippen molar-refractivity contribution in [3.63, 3.8) is 0 Å². The maximum absolute atomic E-state index is 10.6. The molecule has 6 aromatic rings. The number of aromatic hydroxyl groups is 1. The molecule has 4 heteroatoms. The normalized spacial score (nSPS) is 11.9. The highest BCUT2D eigenvalue weighted by Gasteiger charge is 2.20. The average molecular weight is 565 g/mol. The van der Waals surface area contributed by atoms with Crippen LogP contribution in [-0.4, -0.2) is 15.1 Å². The first-order valence-corrected chi connectivity index (χ1v) is 15.7. The van der Waals surface area contributed by atoms with Crippen molar-refractivity contribution in [3.8, 4) is 39.4 Å². The molecule has 2 aromatic heterocycles. The zero-order valence-electron chi connectivity index (χ0n) is 23.9. The Morgan fingerprint density at radius 2 is 1.26 bits per heavy atom. The predicted octanol–water partition coefficient (Wildman–Crippen LogP) is 8.14. The molecule has 1 N–H and O–H groups in total. The lowest BCUT2D eigenvalue weighted by molar-refractivity contribution is 0.477. The summed E-state index contributed by atoms with van der Waals surface area (Å²) in [5.41, 5.74) is 8.16. The van der Waals surface area contributed by atoms with Crippen LogP contribution in [0.4, 0.5) is 0 Å². The van der Waals surface area contributed by atoms with Crippen LogP contribution in [0.25, 0.3) is 33.6 Å². The van der Waals surface area contributed by atoms with Crippen LogP contribution in [0, 0.1) is 5.92 Å². The number of benzene rings is 4. The molecular weight excluding hydrogens is 531 g/mol. The summed E-state index contributed by atoms with van der Waals surface area (Å²) in [5.74, 6) is 0.737. The molecular formula is C38H33N2OP. The highest BCUT2D eigenvalue weighted by molar-refractivity contribution is 7.79. The molecule has 1 unspecified atom stereocenters. The van der Waals surface area contributed by atoms with E-state index in [9.17, 15) is 5.11 Å². The molecule has 0 bridgehead atoms. The van der Waals surface area contributed by atoms with Crippen LogP contribution in [0.3, 0.4) is 0 Å². The monoisotopic (exact) mass is 564 g/mol. The molecule has 3 nitrogen and oxygen atoms in total. The van der Waals surface area contributed by atoms with Gasteiger partial charge in [0.15, 0.2) is 0 Å². The van der Waals surface area contributed by atoms with Gasteiger partial charge in [-0.05, 0) is 88.2 Å². The molecule has 6 rings (SSSR count). The van der Waals surface area contributed by atoms with Crippen molar-refractivity contribution < 1.29 is 5.11 Å². The number of pyridine rings is 2. The Morgan fingerprint density at radius 1 is 0.619 bits per heavy atom. The molecule has 0 saturated carbocycles. The fourth-order valence-electron chi connectivity index (χ4n) is 5.31. The average Bonchev–Trinajstić information content (AvgIpc) is 3.02. The second-order valence-electron chi connectivity index (χ2n) is 10.9. The van der Waals surface area contributed by atoms with Crippen LogP contribution in [0.2, 0.25) is 0 Å². The largest absolute Gasteiger partial charge is 0.507 e. The Bertz CT molecular complexity index is 1800. The van der Waals surface area contributed by atoms with Crippen LogP contribution in [-0.2, 0) is 6.42 Å². The number of nitrogens with zero attached hydrogens (tertiary/aromatic N) is 2. The Hall–Kier alpha value is -4.59. The zero-order chi connectivity index (χ0) is 28.9. The van der Waals surface area contributed by atoms with E-state index in [1.54, 1.807) is 6.07 Å². The lowest BCUT2D eigenvalue weighted by Crippen LogP contribution is -2.22. The SMILES string of the molecule is CC(C)Cc1cc(-c2cccc(P(c3cccc(-c4ccccc4)c3)c3ccccn3)c2)nc(-c2ccccc2O)c1. The first kappa shape index (κ1) is 27.6. The smallest absolute Gasteiger partial charge is 0.124 e. The molecule has 0 amide bonds. The quantitative estimate of drug-likeness (QED) is 0.190. The standard InChI is InChI=1S/C38H33N2OP/c1-27(2)22-28-23-35(40-36(24-28)34-18-6-7-19-37(34)41)31-15-11-17-33(26-31)42(38-20-8-9-21-39-38)32-16-10-14-30(25-32)29-12-4-3-5-13-29/h3-21,23-27,41H,22H2,1-2H3. The van der Waals surface area contributed by atoms with Crippen molar-refractivity contribution in [2.45, 2.75) is 20.3 Å². The fourth-order valence-corrected chi connectivity index (χ4v) is 7.56. The molecule has 206 valence electrons. The highest BCUT2D eigenvalue weighted by atomic mass is 31.1. The van der Waals surface area contributed by atoms with E-state index in [0.29, 0.717) is 5.92 Å². The minimum atomic E-state index is -0.916. The minimum Gasteiger partial charge on any atom is -0.507 e. The molecule has 0 fully saturated rings. The molecule has 0 saturated heterocycles. The van der Waals surface area contributed by atoms with Gasteiger partial charge in [-0.25, -0.2) is 4.98 Å².